The molecule has 0 aromatic heterocycles. The van der Waals surface area contributed by atoms with Crippen molar-refractivity contribution in [2.45, 2.75) is 57.0 Å². The summed E-state index contributed by atoms with van der Waals surface area (Å²) in [6, 6.07) is 0. The second kappa shape index (κ2) is 18.9. The first-order chi connectivity index (χ1) is 14.9. The topological polar surface area (TPSA) is 192 Å². The Kier molecular flexibility index (Phi) is 17.8. The summed E-state index contributed by atoms with van der Waals surface area (Å²) < 4.78 is 0. The number of carboxylic acid groups (broad SMARTS) is 1. The highest BCUT2D eigenvalue weighted by atomic mass is 16.4. The van der Waals surface area contributed by atoms with E-state index in [-0.39, 0.29) is 0 Å². The minimum absolute atomic E-state index is 0.374. The molecule has 0 aromatic rings. The van der Waals surface area contributed by atoms with E-state index in [1.807, 2.05) is 0 Å². The third kappa shape index (κ3) is 16.6. The van der Waals surface area contributed by atoms with Gasteiger partial charge in [-0.25, -0.2) is 4.79 Å². The van der Waals surface area contributed by atoms with Crippen LogP contribution in [0.25, 0.3) is 0 Å². The molecule has 0 bridgehead atoms. The fourth-order valence-electron chi connectivity index (χ4n) is 2.78. The summed E-state index contributed by atoms with van der Waals surface area (Å²) >= 11 is 0. The molecule has 0 unspecified atom stereocenters. The van der Waals surface area contributed by atoms with Crippen LogP contribution in [0, 0.1) is 0 Å². The number of rotatable bonds is 21. The van der Waals surface area contributed by atoms with Gasteiger partial charge in [0.15, 0.2) is 5.60 Å². The number of aliphatic carboxylic acids is 1. The summed E-state index contributed by atoms with van der Waals surface area (Å²) in [6.07, 6.45) is 3.60. The predicted molar refractivity (Wildman–Crippen MR) is 119 cm³/mol. The maximum atomic E-state index is 12.0. The van der Waals surface area contributed by atoms with Crippen molar-refractivity contribution in [1.82, 2.24) is 21.3 Å². The van der Waals surface area contributed by atoms with Gasteiger partial charge < -0.3 is 42.9 Å². The molecular weight excluding hydrogens is 404 g/mol. The molecule has 0 rings (SSSR count). The zero-order chi connectivity index (χ0) is 23.4. The molecule has 10 N–H and O–H groups in total. The third-order valence-electron chi connectivity index (χ3n) is 4.62. The standard InChI is InChI=1S/C20H42N6O5/c21-7-5-11-23-9-1-3-13-25-17(27)15-20(31,19(29)30)16-18(28)26-14-4-2-10-24-12-6-8-22/h23-24,31H,1-16,21-22H2,(H,25,27)(H,26,28)(H,29,30). The van der Waals surface area contributed by atoms with Crippen LogP contribution in [-0.4, -0.2) is 86.0 Å². The average Bonchev–Trinajstić information content (AvgIpc) is 2.71. The Morgan fingerprint density at radius 3 is 1.35 bits per heavy atom. The smallest absolute Gasteiger partial charge is 0.336 e. The van der Waals surface area contributed by atoms with Gasteiger partial charge in [-0.2, -0.15) is 0 Å². The van der Waals surface area contributed by atoms with E-state index in [1.165, 1.54) is 0 Å². The van der Waals surface area contributed by atoms with E-state index in [2.05, 4.69) is 21.3 Å². The van der Waals surface area contributed by atoms with E-state index in [0.29, 0.717) is 39.0 Å². The van der Waals surface area contributed by atoms with Crippen LogP contribution in [0.3, 0.4) is 0 Å². The molecular formula is C20H42N6O5. The highest BCUT2D eigenvalue weighted by molar-refractivity contribution is 5.91. The van der Waals surface area contributed by atoms with Crippen LogP contribution in [0.15, 0.2) is 0 Å². The van der Waals surface area contributed by atoms with Crippen molar-refractivity contribution in [3.63, 3.8) is 0 Å². The molecule has 182 valence electrons. The zero-order valence-electron chi connectivity index (χ0n) is 18.6. The number of carbonyl (C=O) groups excluding carboxylic acids is 2. The molecule has 0 spiro atoms. The van der Waals surface area contributed by atoms with Gasteiger partial charge in [0, 0.05) is 13.1 Å². The van der Waals surface area contributed by atoms with Crippen LogP contribution in [0.2, 0.25) is 0 Å². The Morgan fingerprint density at radius 2 is 1.00 bits per heavy atom. The Labute approximate surface area is 185 Å². The van der Waals surface area contributed by atoms with E-state index in [1.54, 1.807) is 0 Å². The van der Waals surface area contributed by atoms with Gasteiger partial charge in [-0.05, 0) is 77.8 Å². The number of carboxylic acids is 1. The molecule has 0 aliphatic rings. The summed E-state index contributed by atoms with van der Waals surface area (Å²) in [6.45, 7) is 5.33. The highest BCUT2D eigenvalue weighted by Gasteiger charge is 2.40. The van der Waals surface area contributed by atoms with Crippen molar-refractivity contribution >= 4 is 17.8 Å². The van der Waals surface area contributed by atoms with Crippen molar-refractivity contribution in [2.24, 2.45) is 11.5 Å². The number of nitrogens with one attached hydrogen (secondary N) is 4. The van der Waals surface area contributed by atoms with E-state index in [9.17, 15) is 24.6 Å². The van der Waals surface area contributed by atoms with Gasteiger partial charge in [-0.15, -0.1) is 0 Å². The molecule has 11 nitrogen and oxygen atoms in total. The van der Waals surface area contributed by atoms with E-state index < -0.39 is 36.2 Å². The molecule has 0 saturated carbocycles. The van der Waals surface area contributed by atoms with Crippen molar-refractivity contribution in [3.8, 4) is 0 Å². The SMILES string of the molecule is NCCCNCCCCNC(=O)CC(O)(CC(=O)NCCCCNCCCN)C(=O)O. The summed E-state index contributed by atoms with van der Waals surface area (Å²) in [5.41, 5.74) is 8.37. The summed E-state index contributed by atoms with van der Waals surface area (Å²) in [5.74, 6) is -2.79. The third-order valence-corrected chi connectivity index (χ3v) is 4.62. The molecule has 0 heterocycles. The van der Waals surface area contributed by atoms with Gasteiger partial charge in [0.2, 0.25) is 11.8 Å². The lowest BCUT2D eigenvalue weighted by Gasteiger charge is -2.22. The van der Waals surface area contributed by atoms with Crippen molar-refractivity contribution < 1.29 is 24.6 Å². The van der Waals surface area contributed by atoms with Gasteiger partial charge >= 0.3 is 5.97 Å². The van der Waals surface area contributed by atoms with Crippen LogP contribution in [-0.2, 0) is 14.4 Å². The van der Waals surface area contributed by atoms with E-state index in [4.69, 9.17) is 11.5 Å². The molecule has 0 aromatic carbocycles. The second-order valence-corrected chi connectivity index (χ2v) is 7.59. The van der Waals surface area contributed by atoms with Crippen LogP contribution in [0.4, 0.5) is 0 Å². The van der Waals surface area contributed by atoms with Gasteiger partial charge in [0.05, 0.1) is 12.8 Å². The number of hydrogen-bond donors (Lipinski definition) is 8. The minimum Gasteiger partial charge on any atom is -0.479 e. The number of aliphatic hydroxyl groups is 1. The van der Waals surface area contributed by atoms with E-state index >= 15 is 0 Å². The predicted octanol–water partition coefficient (Wildman–Crippen LogP) is -1.75. The largest absolute Gasteiger partial charge is 0.479 e. The normalized spacial score (nSPS) is 11.3. The number of amides is 2. The first-order valence-corrected chi connectivity index (χ1v) is 11.2. The molecule has 0 atom stereocenters. The summed E-state index contributed by atoms with van der Waals surface area (Å²) in [7, 11) is 0. The van der Waals surface area contributed by atoms with E-state index in [0.717, 1.165) is 51.9 Å². The van der Waals surface area contributed by atoms with Crippen LogP contribution >= 0.6 is 0 Å². The molecule has 31 heavy (non-hydrogen) atoms. The quantitative estimate of drug-likeness (QED) is 0.0944. The molecule has 0 fully saturated rings. The Hall–Kier alpha value is -1.79. The lowest BCUT2D eigenvalue weighted by atomic mass is 9.94. The lowest BCUT2D eigenvalue weighted by Crippen LogP contribution is -2.47. The Bertz CT molecular complexity index is 472. The Balaban J connectivity index is 4.06. The van der Waals surface area contributed by atoms with Gasteiger partial charge in [0.1, 0.15) is 0 Å². The van der Waals surface area contributed by atoms with Crippen LogP contribution < -0.4 is 32.7 Å². The zero-order valence-corrected chi connectivity index (χ0v) is 18.6. The van der Waals surface area contributed by atoms with Crippen LogP contribution in [0.5, 0.6) is 0 Å². The van der Waals surface area contributed by atoms with Crippen LogP contribution in [0.1, 0.15) is 51.4 Å². The highest BCUT2D eigenvalue weighted by Crippen LogP contribution is 2.16. The number of unbranched alkanes of at least 4 members (excludes halogenated alkanes) is 2. The summed E-state index contributed by atoms with van der Waals surface area (Å²) in [5, 5.41) is 31.3. The maximum absolute atomic E-state index is 12.0. The summed E-state index contributed by atoms with van der Waals surface area (Å²) in [4.78, 5) is 35.5. The fourth-order valence-corrected chi connectivity index (χ4v) is 2.78. The molecule has 0 radical (unpaired) electrons. The number of nitrogens with two attached hydrogens (primary N) is 2. The van der Waals surface area contributed by atoms with Crippen molar-refractivity contribution in [1.29, 1.82) is 0 Å². The first kappa shape index (κ1) is 29.2. The van der Waals surface area contributed by atoms with Gasteiger partial charge in [-0.3, -0.25) is 9.59 Å². The molecule has 0 saturated heterocycles. The molecule has 11 heteroatoms. The number of carbonyl (C=O) groups is 3. The maximum Gasteiger partial charge on any atom is 0.336 e. The molecule has 0 aliphatic heterocycles. The minimum atomic E-state index is -2.43. The van der Waals surface area contributed by atoms with Gasteiger partial charge in [-0.1, -0.05) is 0 Å². The molecule has 0 aliphatic carbocycles. The van der Waals surface area contributed by atoms with Crippen molar-refractivity contribution in [3.05, 3.63) is 0 Å². The average molecular weight is 447 g/mol. The lowest BCUT2D eigenvalue weighted by molar-refractivity contribution is -0.164. The number of hydrogen-bond acceptors (Lipinski definition) is 8. The fraction of sp³-hybridized carbons (Fsp3) is 0.850. The molecule has 2 amide bonds. The second-order valence-electron chi connectivity index (χ2n) is 7.59. The van der Waals surface area contributed by atoms with Gasteiger partial charge in [0.25, 0.3) is 0 Å². The Morgan fingerprint density at radius 1 is 0.645 bits per heavy atom. The van der Waals surface area contributed by atoms with Crippen molar-refractivity contribution in [2.75, 3.05) is 52.4 Å². The monoisotopic (exact) mass is 446 g/mol. The first-order valence-electron chi connectivity index (χ1n) is 11.2.